The molecule has 94 valence electrons. The van der Waals surface area contributed by atoms with Gasteiger partial charge in [-0.1, -0.05) is 32.4 Å². The summed E-state index contributed by atoms with van der Waals surface area (Å²) in [6, 6.07) is 6.35. The van der Waals surface area contributed by atoms with E-state index < -0.39 is 6.10 Å². The monoisotopic (exact) mass is 236 g/mol. The van der Waals surface area contributed by atoms with Crippen LogP contribution >= 0.6 is 0 Å². The fraction of sp³-hybridized carbons (Fsp3) is 0.600. The molecule has 2 heteroatoms. The number of aliphatic hydroxyl groups excluding tert-OH is 1. The minimum atomic E-state index is -0.523. The van der Waals surface area contributed by atoms with Gasteiger partial charge in [0.15, 0.2) is 0 Å². The van der Waals surface area contributed by atoms with Gasteiger partial charge in [-0.05, 0) is 48.3 Å². The van der Waals surface area contributed by atoms with Crippen molar-refractivity contribution in [2.45, 2.75) is 45.6 Å². The van der Waals surface area contributed by atoms with Gasteiger partial charge < -0.3 is 5.11 Å². The van der Waals surface area contributed by atoms with E-state index in [9.17, 15) is 9.50 Å². The third-order valence-electron chi connectivity index (χ3n) is 3.88. The predicted octanol–water partition coefficient (Wildman–Crippen LogP) is 4.08. The van der Waals surface area contributed by atoms with Crippen LogP contribution in [0.15, 0.2) is 24.3 Å². The van der Waals surface area contributed by atoms with E-state index in [1.807, 2.05) is 6.07 Å². The molecule has 1 aliphatic carbocycles. The first-order valence-electron chi connectivity index (χ1n) is 6.41. The Kier molecular flexibility index (Phi) is 3.53. The maximum Gasteiger partial charge on any atom is 0.123 e. The summed E-state index contributed by atoms with van der Waals surface area (Å²) in [6.07, 6.45) is 3.92. The number of hydrogen-bond acceptors (Lipinski definition) is 1. The van der Waals surface area contributed by atoms with Gasteiger partial charge in [-0.25, -0.2) is 4.39 Å². The Hall–Kier alpha value is -0.890. The van der Waals surface area contributed by atoms with Gasteiger partial charge in [-0.2, -0.15) is 0 Å². The lowest BCUT2D eigenvalue weighted by atomic mass is 9.70. The topological polar surface area (TPSA) is 20.2 Å². The van der Waals surface area contributed by atoms with E-state index in [1.54, 1.807) is 6.07 Å². The minimum absolute atomic E-state index is 0.264. The van der Waals surface area contributed by atoms with Crippen LogP contribution in [0.25, 0.3) is 0 Å². The maximum absolute atomic E-state index is 13.1. The second kappa shape index (κ2) is 4.77. The van der Waals surface area contributed by atoms with Crippen LogP contribution in [0.4, 0.5) is 4.39 Å². The Balaban J connectivity index is 2.12. The molecule has 0 bridgehead atoms. The van der Waals surface area contributed by atoms with E-state index in [-0.39, 0.29) is 11.7 Å². The van der Waals surface area contributed by atoms with E-state index in [4.69, 9.17) is 0 Å². The summed E-state index contributed by atoms with van der Waals surface area (Å²) in [5.74, 6) is -0.00262. The highest BCUT2D eigenvalue weighted by molar-refractivity contribution is 5.19. The van der Waals surface area contributed by atoms with Gasteiger partial charge in [0.05, 0.1) is 6.10 Å². The first-order chi connectivity index (χ1) is 7.98. The van der Waals surface area contributed by atoms with Crippen molar-refractivity contribution < 1.29 is 9.50 Å². The summed E-state index contributed by atoms with van der Waals surface area (Å²) in [6.45, 7) is 4.49. The molecular formula is C15H21FO. The van der Waals surface area contributed by atoms with Gasteiger partial charge >= 0.3 is 0 Å². The minimum Gasteiger partial charge on any atom is -0.388 e. The number of aliphatic hydroxyl groups is 1. The number of benzene rings is 1. The van der Waals surface area contributed by atoms with Gasteiger partial charge in [0.1, 0.15) is 5.82 Å². The van der Waals surface area contributed by atoms with Crippen LogP contribution in [0.5, 0.6) is 0 Å². The molecule has 1 nitrogen and oxygen atoms in total. The van der Waals surface area contributed by atoms with E-state index >= 15 is 0 Å². The molecule has 2 atom stereocenters. The normalized spacial score (nSPS) is 25.5. The molecule has 17 heavy (non-hydrogen) atoms. The van der Waals surface area contributed by atoms with Crippen molar-refractivity contribution >= 4 is 0 Å². The molecular weight excluding hydrogens is 215 g/mol. The third kappa shape index (κ3) is 3.06. The van der Waals surface area contributed by atoms with Crippen molar-refractivity contribution in [3.63, 3.8) is 0 Å². The molecule has 0 heterocycles. The van der Waals surface area contributed by atoms with Crippen LogP contribution in [-0.4, -0.2) is 5.11 Å². The fourth-order valence-electron chi connectivity index (χ4n) is 2.99. The largest absolute Gasteiger partial charge is 0.388 e. The molecule has 1 N–H and O–H groups in total. The van der Waals surface area contributed by atoms with Crippen molar-refractivity contribution in [3.05, 3.63) is 35.6 Å². The molecule has 1 saturated carbocycles. The molecule has 0 aliphatic heterocycles. The second-order valence-electron chi connectivity index (χ2n) is 6.02. The Morgan fingerprint density at radius 3 is 2.82 bits per heavy atom. The van der Waals surface area contributed by atoms with Crippen LogP contribution in [0, 0.1) is 17.2 Å². The Morgan fingerprint density at radius 2 is 2.18 bits per heavy atom. The molecule has 0 saturated heterocycles. The summed E-state index contributed by atoms with van der Waals surface area (Å²) < 4.78 is 13.1. The number of halogens is 1. The summed E-state index contributed by atoms with van der Waals surface area (Å²) in [4.78, 5) is 0. The lowest BCUT2D eigenvalue weighted by Gasteiger charge is -2.37. The Morgan fingerprint density at radius 1 is 1.41 bits per heavy atom. The quantitative estimate of drug-likeness (QED) is 0.820. The van der Waals surface area contributed by atoms with Gasteiger partial charge in [-0.15, -0.1) is 0 Å². The van der Waals surface area contributed by atoms with Gasteiger partial charge in [0.25, 0.3) is 0 Å². The molecule has 1 fully saturated rings. The highest BCUT2D eigenvalue weighted by atomic mass is 19.1. The highest BCUT2D eigenvalue weighted by Gasteiger charge is 2.32. The van der Waals surface area contributed by atoms with Gasteiger partial charge in [0.2, 0.25) is 0 Å². The van der Waals surface area contributed by atoms with E-state index in [0.717, 1.165) is 19.3 Å². The Bertz CT molecular complexity index is 386. The zero-order chi connectivity index (χ0) is 12.5. The van der Waals surface area contributed by atoms with Gasteiger partial charge in [0, 0.05) is 0 Å². The molecule has 1 aliphatic rings. The van der Waals surface area contributed by atoms with Crippen LogP contribution in [-0.2, 0) is 0 Å². The smallest absolute Gasteiger partial charge is 0.123 e. The molecule has 1 aromatic rings. The molecule has 0 amide bonds. The summed E-state index contributed by atoms with van der Waals surface area (Å²) >= 11 is 0. The predicted molar refractivity (Wildman–Crippen MR) is 67.1 cm³/mol. The average molecular weight is 236 g/mol. The highest BCUT2D eigenvalue weighted by Crippen LogP contribution is 2.43. The third-order valence-corrected chi connectivity index (χ3v) is 3.88. The summed E-state index contributed by atoms with van der Waals surface area (Å²) in [5.41, 5.74) is 1.02. The lowest BCUT2D eigenvalue weighted by Crippen LogP contribution is -2.26. The van der Waals surface area contributed by atoms with Gasteiger partial charge in [-0.3, -0.25) is 0 Å². The standard InChI is InChI=1S/C15H21FO/c1-15(2)8-4-6-12(10-15)14(17)11-5-3-7-13(16)9-11/h3,5,7,9,12,14,17H,4,6,8,10H2,1-2H3/t12-,14+/m0/s1. The molecule has 0 aromatic heterocycles. The van der Waals surface area contributed by atoms with Crippen molar-refractivity contribution in [3.8, 4) is 0 Å². The first-order valence-corrected chi connectivity index (χ1v) is 6.41. The molecule has 2 rings (SSSR count). The fourth-order valence-corrected chi connectivity index (χ4v) is 2.99. The van der Waals surface area contributed by atoms with Crippen LogP contribution in [0.3, 0.4) is 0 Å². The number of hydrogen-bond donors (Lipinski definition) is 1. The molecule has 0 radical (unpaired) electrons. The zero-order valence-corrected chi connectivity index (χ0v) is 10.6. The van der Waals surface area contributed by atoms with Crippen molar-refractivity contribution in [2.24, 2.45) is 11.3 Å². The molecule has 0 unspecified atom stereocenters. The second-order valence-corrected chi connectivity index (χ2v) is 6.02. The summed E-state index contributed by atoms with van der Waals surface area (Å²) in [5, 5.41) is 10.3. The first kappa shape index (κ1) is 12.6. The Labute approximate surface area is 103 Å². The molecule has 1 aromatic carbocycles. The van der Waals surface area contributed by atoms with E-state index in [2.05, 4.69) is 13.8 Å². The van der Waals surface area contributed by atoms with E-state index in [1.165, 1.54) is 18.6 Å². The number of rotatable bonds is 2. The SMILES string of the molecule is CC1(C)CCC[C@H]([C@H](O)c2cccc(F)c2)C1. The van der Waals surface area contributed by atoms with E-state index in [0.29, 0.717) is 11.0 Å². The summed E-state index contributed by atoms with van der Waals surface area (Å²) in [7, 11) is 0. The zero-order valence-electron chi connectivity index (χ0n) is 10.6. The van der Waals surface area contributed by atoms with Crippen LogP contribution in [0.1, 0.15) is 51.2 Å². The van der Waals surface area contributed by atoms with Crippen LogP contribution in [0.2, 0.25) is 0 Å². The van der Waals surface area contributed by atoms with Crippen LogP contribution < -0.4 is 0 Å². The maximum atomic E-state index is 13.1. The lowest BCUT2D eigenvalue weighted by molar-refractivity contribution is 0.0458. The molecule has 0 spiro atoms. The van der Waals surface area contributed by atoms with Crippen molar-refractivity contribution in [2.75, 3.05) is 0 Å². The van der Waals surface area contributed by atoms with Crippen molar-refractivity contribution in [1.82, 2.24) is 0 Å². The van der Waals surface area contributed by atoms with Crippen molar-refractivity contribution in [1.29, 1.82) is 0 Å². The average Bonchev–Trinajstić information content (AvgIpc) is 2.26.